The molecule has 2 heterocycles. The summed E-state index contributed by atoms with van der Waals surface area (Å²) in [5, 5.41) is 37.0. The number of rotatable bonds is 6. The van der Waals surface area contributed by atoms with Crippen molar-refractivity contribution in [3.05, 3.63) is 131 Å². The summed E-state index contributed by atoms with van der Waals surface area (Å²) >= 11 is 0. The van der Waals surface area contributed by atoms with Crippen molar-refractivity contribution in [1.82, 2.24) is 9.97 Å². The van der Waals surface area contributed by atoms with E-state index in [0.717, 1.165) is 36.7 Å². The molecule has 45 heavy (non-hydrogen) atoms. The summed E-state index contributed by atoms with van der Waals surface area (Å²) in [4.78, 5) is 7.50. The van der Waals surface area contributed by atoms with Crippen LogP contribution in [0.25, 0.3) is 0 Å². The topological polar surface area (TPSA) is 184 Å². The zero-order chi connectivity index (χ0) is 30.6. The molecule has 240 valence electrons. The van der Waals surface area contributed by atoms with Crippen molar-refractivity contribution in [2.24, 2.45) is 20.4 Å². The van der Waals surface area contributed by atoms with Crippen molar-refractivity contribution in [3.63, 3.8) is 0 Å². The van der Waals surface area contributed by atoms with Crippen LogP contribution in [-0.2, 0) is 28.8 Å². The number of halogens is 6. The zero-order valence-corrected chi connectivity index (χ0v) is 23.5. The maximum absolute atomic E-state index is 12.5. The Morgan fingerprint density at radius 3 is 1.22 bits per heavy atom. The van der Waals surface area contributed by atoms with E-state index < -0.39 is 35.3 Å². The Morgan fingerprint density at radius 2 is 0.911 bits per heavy atom. The summed E-state index contributed by atoms with van der Waals surface area (Å²) in [6.45, 7) is 0. The van der Waals surface area contributed by atoms with Crippen LogP contribution in [0.5, 0.6) is 0 Å². The Hall–Kier alpha value is -4.99. The minimum atomic E-state index is -4.42. The van der Waals surface area contributed by atoms with Crippen molar-refractivity contribution in [1.29, 1.82) is 0 Å². The number of nitrogens with zero attached hydrogens (tertiary/aromatic N) is 6. The fourth-order valence-electron chi connectivity index (χ4n) is 2.99. The van der Waals surface area contributed by atoms with Crippen molar-refractivity contribution < 1.29 is 64.0 Å². The molecule has 0 radical (unpaired) electrons. The van der Waals surface area contributed by atoms with Crippen LogP contribution in [0.1, 0.15) is 33.4 Å². The number of benzene rings is 2. The first-order chi connectivity index (χ1) is 19.9. The van der Waals surface area contributed by atoms with E-state index in [0.29, 0.717) is 11.1 Å². The van der Waals surface area contributed by atoms with Crippen LogP contribution in [0.2, 0.25) is 0 Å². The molecule has 0 aliphatic rings. The van der Waals surface area contributed by atoms with Gasteiger partial charge in [0, 0.05) is 36.6 Å². The number of pyridine rings is 2. The Labute approximate surface area is 261 Å². The normalized spacial score (nSPS) is 12.0. The Bertz CT molecular complexity index is 1470. The van der Waals surface area contributed by atoms with Crippen molar-refractivity contribution in [2.75, 3.05) is 0 Å². The van der Waals surface area contributed by atoms with Gasteiger partial charge in [-0.2, -0.15) is 46.7 Å². The van der Waals surface area contributed by atoms with Gasteiger partial charge in [-0.3, -0.25) is 9.97 Å². The van der Waals surface area contributed by atoms with Gasteiger partial charge in [-0.05, 0) is 70.8 Å². The average Bonchev–Trinajstić information content (AvgIpc) is 2.98. The summed E-state index contributed by atoms with van der Waals surface area (Å²) in [6.07, 6.45) is -0.943. The van der Waals surface area contributed by atoms with Crippen LogP contribution < -0.4 is 10.2 Å². The minimum absolute atomic E-state index is 0. The van der Waals surface area contributed by atoms with Gasteiger partial charge in [0.05, 0.1) is 23.6 Å². The van der Waals surface area contributed by atoms with Crippen molar-refractivity contribution >= 4 is 24.2 Å². The van der Waals surface area contributed by atoms with Crippen LogP contribution in [0.4, 0.5) is 26.3 Å². The first-order valence-corrected chi connectivity index (χ1v) is 11.6. The first-order valence-electron chi connectivity index (χ1n) is 11.6. The number of hydrogen-bond acceptors (Lipinski definition) is 8. The van der Waals surface area contributed by atoms with E-state index in [2.05, 4.69) is 30.4 Å². The van der Waals surface area contributed by atoms with Crippen molar-refractivity contribution in [3.8, 4) is 0 Å². The number of alkyl halides is 6. The minimum Gasteiger partial charge on any atom is -0.857 e. The van der Waals surface area contributed by atoms with E-state index in [1.165, 1.54) is 73.3 Å². The van der Waals surface area contributed by atoms with Gasteiger partial charge >= 0.3 is 28.8 Å². The molecule has 0 aliphatic carbocycles. The molecule has 0 spiro atoms. The molecule has 0 saturated carbocycles. The molecule has 0 unspecified atom stereocenters. The van der Waals surface area contributed by atoms with Gasteiger partial charge in [-0.25, -0.2) is 0 Å². The third kappa shape index (κ3) is 13.5. The van der Waals surface area contributed by atoms with Gasteiger partial charge in [0.15, 0.2) is 0 Å². The number of hydrogen-bond donors (Lipinski definition) is 0. The smallest absolute Gasteiger partial charge is 0.857 e. The molecule has 4 rings (SSSR count). The fraction of sp³-hybridized carbons (Fsp3) is 0.0714. The molecule has 4 N–H and O–H groups in total. The Balaban J connectivity index is 0.000000807. The summed E-state index contributed by atoms with van der Waals surface area (Å²) in [5.74, 6) is -1.19. The maximum atomic E-state index is 12.5. The van der Waals surface area contributed by atoms with Gasteiger partial charge in [-0.1, -0.05) is 24.3 Å². The molecule has 0 atom stereocenters. The summed E-state index contributed by atoms with van der Waals surface area (Å²) in [6, 6.07) is 15.0. The molecule has 0 aliphatic heterocycles. The van der Waals surface area contributed by atoms with Crippen molar-refractivity contribution in [2.45, 2.75) is 12.4 Å². The zero-order valence-electron chi connectivity index (χ0n) is 22.5. The predicted octanol–water partition coefficient (Wildman–Crippen LogP) is 2.83. The molecule has 2 aromatic carbocycles. The fourth-order valence-corrected chi connectivity index (χ4v) is 2.99. The second-order valence-electron chi connectivity index (χ2n) is 8.02. The third-order valence-corrected chi connectivity index (χ3v) is 4.99. The standard InChI is InChI=1S/2C14H10F3N3O.Ni.2H2O/c2*15-14(16,17)12-3-1-2-10(8-12)9-19-20-13(21)11-4-6-18-7-5-11;;;/h2*1-9H,(H,20,21);;2*1H2/q;;+2;;/p-2/b2*19-9+;;;. The second-order valence-corrected chi connectivity index (χ2v) is 8.02. The van der Waals surface area contributed by atoms with Crippen LogP contribution in [0.15, 0.2) is 118 Å². The van der Waals surface area contributed by atoms with Crippen LogP contribution in [0, 0.1) is 0 Å². The summed E-state index contributed by atoms with van der Waals surface area (Å²) in [7, 11) is 0. The van der Waals surface area contributed by atoms with Gasteiger partial charge in [0.2, 0.25) is 0 Å². The largest absolute Gasteiger partial charge is 2.00 e. The van der Waals surface area contributed by atoms with E-state index in [4.69, 9.17) is 0 Å². The summed E-state index contributed by atoms with van der Waals surface area (Å²) in [5.41, 5.74) is -0.566. The Morgan fingerprint density at radius 1 is 0.578 bits per heavy atom. The van der Waals surface area contributed by atoms with E-state index in [-0.39, 0.29) is 38.6 Å². The number of aromatic nitrogens is 2. The van der Waals surface area contributed by atoms with E-state index in [1.807, 2.05) is 0 Å². The molecular weight excluding hydrogens is 657 g/mol. The SMILES string of the molecule is O.O.[Ni+2].[O-]/C(=N\N=C\c1cccc(C(F)(F)F)c1)c1ccncc1.[O-]/C(=N\N=C\c1cccc(C(F)(F)F)c1)c1ccncc1. The molecule has 0 bridgehead atoms. The van der Waals surface area contributed by atoms with Gasteiger partial charge in [-0.15, -0.1) is 0 Å². The molecule has 2 aromatic heterocycles. The van der Waals surface area contributed by atoms with Gasteiger partial charge < -0.3 is 21.2 Å². The van der Waals surface area contributed by atoms with Crippen LogP contribution in [0.3, 0.4) is 0 Å². The van der Waals surface area contributed by atoms with E-state index in [1.54, 1.807) is 0 Å². The maximum Gasteiger partial charge on any atom is 2.00 e. The third-order valence-electron chi connectivity index (χ3n) is 4.99. The summed E-state index contributed by atoms with van der Waals surface area (Å²) < 4.78 is 75.1. The molecule has 0 amide bonds. The molecule has 0 fully saturated rings. The second kappa shape index (κ2) is 18.6. The molecule has 17 heteroatoms. The Kier molecular flexibility index (Phi) is 16.6. The molecule has 10 nitrogen and oxygen atoms in total. The molecule has 0 saturated heterocycles. The van der Waals surface area contributed by atoms with Gasteiger partial charge in [0.25, 0.3) is 0 Å². The monoisotopic (exact) mass is 678 g/mol. The molecular formula is C28H22F6N6NiO4. The quantitative estimate of drug-likeness (QED) is 0.0999. The van der Waals surface area contributed by atoms with Crippen LogP contribution in [-0.4, -0.2) is 45.1 Å². The van der Waals surface area contributed by atoms with E-state index >= 15 is 0 Å². The first kappa shape index (κ1) is 40.0. The van der Waals surface area contributed by atoms with Crippen LogP contribution >= 0.6 is 0 Å². The van der Waals surface area contributed by atoms with Gasteiger partial charge in [0.1, 0.15) is 0 Å². The van der Waals surface area contributed by atoms with E-state index in [9.17, 15) is 36.6 Å². The predicted molar refractivity (Wildman–Crippen MR) is 147 cm³/mol. The molecule has 4 aromatic rings. The average molecular weight is 679 g/mol.